The predicted octanol–water partition coefficient (Wildman–Crippen LogP) is 3.16. The molecule has 0 saturated carbocycles. The van der Waals surface area contributed by atoms with Gasteiger partial charge in [-0.1, -0.05) is 24.3 Å². The smallest absolute Gasteiger partial charge is 0.272 e. The van der Waals surface area contributed by atoms with E-state index in [0.29, 0.717) is 0 Å². The molecular weight excluding hydrogens is 280 g/mol. The first-order chi connectivity index (χ1) is 10.7. The van der Waals surface area contributed by atoms with Gasteiger partial charge >= 0.3 is 0 Å². The summed E-state index contributed by atoms with van der Waals surface area (Å²) in [7, 11) is 1.66. The van der Waals surface area contributed by atoms with Crippen LogP contribution in [0.5, 0.6) is 5.75 Å². The highest BCUT2D eigenvalue weighted by Crippen LogP contribution is 2.28. The summed E-state index contributed by atoms with van der Waals surface area (Å²) in [5, 5.41) is 11.1. The van der Waals surface area contributed by atoms with Crippen molar-refractivity contribution in [2.45, 2.75) is 19.5 Å². The van der Waals surface area contributed by atoms with Crippen molar-refractivity contribution >= 4 is 5.69 Å². The summed E-state index contributed by atoms with van der Waals surface area (Å²) in [5.74, 6) is 0.850. The topological polar surface area (TPSA) is 55.6 Å². The number of fused-ring (bicyclic) bond motifs is 1. The number of nitro groups is 1. The molecule has 0 aliphatic carbocycles. The fourth-order valence-electron chi connectivity index (χ4n) is 2.94. The van der Waals surface area contributed by atoms with E-state index in [1.807, 2.05) is 18.2 Å². The molecular formula is C17H18N2O3. The minimum Gasteiger partial charge on any atom is -0.497 e. The molecule has 0 atom stereocenters. The fraction of sp³-hybridized carbons (Fsp3) is 0.294. The van der Waals surface area contributed by atoms with Crippen LogP contribution in [0.25, 0.3) is 0 Å². The second-order valence-electron chi connectivity index (χ2n) is 5.48. The summed E-state index contributed by atoms with van der Waals surface area (Å²) in [4.78, 5) is 13.1. The van der Waals surface area contributed by atoms with Gasteiger partial charge in [0, 0.05) is 31.3 Å². The Labute approximate surface area is 129 Å². The van der Waals surface area contributed by atoms with Crippen molar-refractivity contribution in [3.8, 4) is 5.75 Å². The zero-order chi connectivity index (χ0) is 15.5. The van der Waals surface area contributed by atoms with Crippen molar-refractivity contribution in [2.24, 2.45) is 0 Å². The zero-order valence-electron chi connectivity index (χ0n) is 12.5. The third-order valence-corrected chi connectivity index (χ3v) is 4.08. The van der Waals surface area contributed by atoms with Gasteiger partial charge in [0.05, 0.1) is 12.0 Å². The third kappa shape index (κ3) is 2.94. The van der Waals surface area contributed by atoms with Crippen LogP contribution in [0.15, 0.2) is 42.5 Å². The molecule has 1 aliphatic heterocycles. The van der Waals surface area contributed by atoms with Gasteiger partial charge in [-0.3, -0.25) is 15.0 Å². The van der Waals surface area contributed by atoms with Crippen molar-refractivity contribution in [1.82, 2.24) is 4.90 Å². The molecule has 0 amide bonds. The van der Waals surface area contributed by atoms with Crippen LogP contribution < -0.4 is 4.74 Å². The minimum atomic E-state index is -0.280. The second-order valence-corrected chi connectivity index (χ2v) is 5.48. The number of nitro benzene ring substituents is 1. The van der Waals surface area contributed by atoms with Crippen LogP contribution in [0.1, 0.15) is 16.7 Å². The van der Waals surface area contributed by atoms with Crippen molar-refractivity contribution in [1.29, 1.82) is 0 Å². The molecule has 1 heterocycles. The molecule has 0 fully saturated rings. The summed E-state index contributed by atoms with van der Waals surface area (Å²) in [6.07, 6.45) is 0.725. The van der Waals surface area contributed by atoms with Crippen LogP contribution in [0.4, 0.5) is 5.69 Å². The van der Waals surface area contributed by atoms with Gasteiger partial charge in [-0.2, -0.15) is 0 Å². The van der Waals surface area contributed by atoms with Gasteiger partial charge in [0.25, 0.3) is 5.69 Å². The fourth-order valence-corrected chi connectivity index (χ4v) is 2.94. The Balaban J connectivity index is 1.74. The summed E-state index contributed by atoms with van der Waals surface area (Å²) in [6.45, 7) is 2.43. The lowest BCUT2D eigenvalue weighted by Crippen LogP contribution is -2.30. The normalized spacial score (nSPS) is 14.4. The predicted molar refractivity (Wildman–Crippen MR) is 83.9 cm³/mol. The third-order valence-electron chi connectivity index (χ3n) is 4.08. The van der Waals surface area contributed by atoms with Crippen molar-refractivity contribution < 1.29 is 9.66 Å². The Kier molecular flexibility index (Phi) is 4.06. The summed E-state index contributed by atoms with van der Waals surface area (Å²) < 4.78 is 5.16. The van der Waals surface area contributed by atoms with E-state index in [-0.39, 0.29) is 10.6 Å². The Bertz CT molecular complexity index is 683. The Morgan fingerprint density at radius 1 is 1.23 bits per heavy atom. The van der Waals surface area contributed by atoms with Gasteiger partial charge in [0.2, 0.25) is 0 Å². The summed E-state index contributed by atoms with van der Waals surface area (Å²) >= 11 is 0. The maximum atomic E-state index is 11.1. The maximum Gasteiger partial charge on any atom is 0.272 e. The van der Waals surface area contributed by atoms with Gasteiger partial charge < -0.3 is 4.74 Å². The van der Waals surface area contributed by atoms with Crippen LogP contribution in [-0.4, -0.2) is 23.5 Å². The molecule has 1 aliphatic rings. The van der Waals surface area contributed by atoms with Crippen LogP contribution in [0, 0.1) is 10.1 Å². The van der Waals surface area contributed by atoms with Crippen molar-refractivity contribution in [2.75, 3.05) is 13.7 Å². The molecule has 3 rings (SSSR count). The number of benzene rings is 2. The van der Waals surface area contributed by atoms with E-state index in [0.717, 1.165) is 42.9 Å². The van der Waals surface area contributed by atoms with Crippen LogP contribution in [0.3, 0.4) is 0 Å². The Morgan fingerprint density at radius 2 is 2.00 bits per heavy atom. The first-order valence-corrected chi connectivity index (χ1v) is 7.28. The zero-order valence-corrected chi connectivity index (χ0v) is 12.5. The first kappa shape index (κ1) is 14.5. The van der Waals surface area contributed by atoms with E-state index >= 15 is 0 Å². The molecule has 2 aromatic rings. The molecule has 0 N–H and O–H groups in total. The molecule has 0 unspecified atom stereocenters. The monoisotopic (exact) mass is 298 g/mol. The molecule has 5 nitrogen and oxygen atoms in total. The number of rotatable bonds is 4. The van der Waals surface area contributed by atoms with E-state index in [9.17, 15) is 10.1 Å². The van der Waals surface area contributed by atoms with E-state index in [1.165, 1.54) is 5.56 Å². The first-order valence-electron chi connectivity index (χ1n) is 7.28. The minimum absolute atomic E-state index is 0.251. The van der Waals surface area contributed by atoms with Gasteiger partial charge in [-0.05, 0) is 29.7 Å². The second kappa shape index (κ2) is 6.15. The van der Waals surface area contributed by atoms with E-state index < -0.39 is 0 Å². The van der Waals surface area contributed by atoms with Gasteiger partial charge in [0.1, 0.15) is 5.75 Å². The quantitative estimate of drug-likeness (QED) is 0.642. The number of hydrogen-bond acceptors (Lipinski definition) is 4. The van der Waals surface area contributed by atoms with Crippen LogP contribution in [-0.2, 0) is 19.5 Å². The van der Waals surface area contributed by atoms with Gasteiger partial charge in [-0.25, -0.2) is 0 Å². The lowest BCUT2D eigenvalue weighted by atomic mass is 9.97. The van der Waals surface area contributed by atoms with E-state index in [1.54, 1.807) is 19.2 Å². The Hall–Kier alpha value is -2.40. The molecule has 0 bridgehead atoms. The summed E-state index contributed by atoms with van der Waals surface area (Å²) in [5.41, 5.74) is 3.42. The molecule has 2 aromatic carbocycles. The molecule has 0 saturated heterocycles. The molecule has 0 spiro atoms. The van der Waals surface area contributed by atoms with Crippen molar-refractivity contribution in [3.63, 3.8) is 0 Å². The SMILES string of the molecule is COc1ccc(CN2CCc3c(cccc3[N+](=O)[O-])C2)cc1. The largest absolute Gasteiger partial charge is 0.497 e. The van der Waals surface area contributed by atoms with Crippen LogP contribution in [0.2, 0.25) is 0 Å². The average molecular weight is 298 g/mol. The van der Waals surface area contributed by atoms with Gasteiger partial charge in [0.15, 0.2) is 0 Å². The average Bonchev–Trinajstić information content (AvgIpc) is 2.54. The molecule has 5 heteroatoms. The number of ether oxygens (including phenoxy) is 1. The maximum absolute atomic E-state index is 11.1. The molecule has 0 aromatic heterocycles. The highest BCUT2D eigenvalue weighted by atomic mass is 16.6. The molecule has 114 valence electrons. The van der Waals surface area contributed by atoms with Crippen molar-refractivity contribution in [3.05, 3.63) is 69.3 Å². The Morgan fingerprint density at radius 3 is 2.68 bits per heavy atom. The summed E-state index contributed by atoms with van der Waals surface area (Å²) in [6, 6.07) is 13.4. The highest BCUT2D eigenvalue weighted by molar-refractivity contribution is 5.46. The number of methoxy groups -OCH3 is 1. The molecule has 0 radical (unpaired) electrons. The highest BCUT2D eigenvalue weighted by Gasteiger charge is 2.23. The lowest BCUT2D eigenvalue weighted by Gasteiger charge is -2.28. The molecule has 22 heavy (non-hydrogen) atoms. The van der Waals surface area contributed by atoms with E-state index in [4.69, 9.17) is 4.74 Å². The van der Waals surface area contributed by atoms with Gasteiger partial charge in [-0.15, -0.1) is 0 Å². The van der Waals surface area contributed by atoms with Crippen LogP contribution >= 0.6 is 0 Å². The number of nitrogens with zero attached hydrogens (tertiary/aromatic N) is 2. The van der Waals surface area contributed by atoms with E-state index in [2.05, 4.69) is 17.0 Å². The number of hydrogen-bond donors (Lipinski definition) is 0. The lowest BCUT2D eigenvalue weighted by molar-refractivity contribution is -0.385. The standard InChI is InChI=1S/C17H18N2O3/c1-22-15-7-5-13(6-8-15)11-18-10-9-16-14(12-18)3-2-4-17(16)19(20)21/h2-8H,9-12H2,1H3.